The van der Waals surface area contributed by atoms with Crippen molar-refractivity contribution in [2.45, 2.75) is 37.4 Å². The number of carbonyl (C=O) groups is 3. The Morgan fingerprint density at radius 3 is 0.825 bits per heavy atom. The average Bonchev–Trinajstić information content (AvgIpc) is 2.88. The van der Waals surface area contributed by atoms with Crippen molar-refractivity contribution in [1.29, 1.82) is 0 Å². The first-order chi connectivity index (χ1) is 18.3. The van der Waals surface area contributed by atoms with Crippen LogP contribution in [0.1, 0.15) is 16.7 Å². The average molecular weight is 596 g/mol. The fourth-order valence-corrected chi connectivity index (χ4v) is 2.91. The molecule has 9 N–H and O–H groups in total. The van der Waals surface area contributed by atoms with Gasteiger partial charge < -0.3 is 62.2 Å². The van der Waals surface area contributed by atoms with Gasteiger partial charge in [0, 0.05) is 18.1 Å². The maximum absolute atomic E-state index is 10.3. The van der Waals surface area contributed by atoms with Gasteiger partial charge in [-0.25, -0.2) is 0 Å². The minimum absolute atomic E-state index is 0. The summed E-state index contributed by atoms with van der Waals surface area (Å²) in [6, 6.07) is 15.7. The van der Waals surface area contributed by atoms with Crippen molar-refractivity contribution in [2.75, 3.05) is 0 Å². The van der Waals surface area contributed by atoms with Crippen LogP contribution >= 0.6 is 0 Å². The molecule has 0 saturated heterocycles. The van der Waals surface area contributed by atoms with E-state index in [4.69, 9.17) is 32.5 Å². The van der Waals surface area contributed by atoms with Gasteiger partial charge in [0.25, 0.3) is 0 Å². The van der Waals surface area contributed by atoms with E-state index in [1.54, 1.807) is 36.4 Å². The number of nitrogens with two attached hydrogens (primary N) is 3. The molecule has 0 fully saturated rings. The third-order valence-electron chi connectivity index (χ3n) is 5.08. The quantitative estimate of drug-likeness (QED) is 0.135. The summed E-state index contributed by atoms with van der Waals surface area (Å²) in [6.45, 7) is 0. The maximum atomic E-state index is 10.3. The molecule has 0 spiro atoms. The second-order valence-electron chi connectivity index (χ2n) is 8.39. The molecule has 0 aliphatic carbocycles. The molecule has 215 valence electrons. The third-order valence-corrected chi connectivity index (χ3v) is 5.08. The van der Waals surface area contributed by atoms with Crippen molar-refractivity contribution in [2.24, 2.45) is 17.2 Å². The summed E-state index contributed by atoms with van der Waals surface area (Å²) in [5, 5.41) is 57.7. The van der Waals surface area contributed by atoms with Gasteiger partial charge in [0.15, 0.2) is 0 Å². The standard InChI is InChI=1S/3C9H11NO3.Fe/c3*10-8(9(12)13)5-6-1-3-7(11)4-2-6;/h3*1-4,8,11H,5,10H2,(H,12,13);/q;;;+3/p-3/t3*8-;/m000./s1. The third kappa shape index (κ3) is 14.7. The van der Waals surface area contributed by atoms with Gasteiger partial charge in [-0.1, -0.05) is 36.4 Å². The van der Waals surface area contributed by atoms with Gasteiger partial charge >= 0.3 is 17.1 Å². The minimum Gasteiger partial charge on any atom is -0.548 e. The van der Waals surface area contributed by atoms with Crippen LogP contribution < -0.4 is 32.5 Å². The number of rotatable bonds is 9. The van der Waals surface area contributed by atoms with Crippen LogP contribution in [0.4, 0.5) is 0 Å². The van der Waals surface area contributed by atoms with Crippen molar-refractivity contribution >= 4 is 17.9 Å². The van der Waals surface area contributed by atoms with Crippen LogP contribution in [0.25, 0.3) is 0 Å². The van der Waals surface area contributed by atoms with E-state index in [0.29, 0.717) is 0 Å². The Morgan fingerprint density at radius 1 is 0.500 bits per heavy atom. The Balaban J connectivity index is 0.000000563. The maximum Gasteiger partial charge on any atom is 3.00 e. The molecule has 1 radical (unpaired) electrons. The molecular formula is C27H30FeN3O9. The number of aromatic hydroxyl groups is 3. The van der Waals surface area contributed by atoms with E-state index in [9.17, 15) is 29.7 Å². The summed E-state index contributed by atoms with van der Waals surface area (Å²) in [7, 11) is 0. The van der Waals surface area contributed by atoms with Crippen molar-refractivity contribution in [3.8, 4) is 17.2 Å². The molecule has 3 atom stereocenters. The number of phenolic OH excluding ortho intramolecular Hbond substituents is 3. The molecule has 3 aromatic carbocycles. The normalized spacial score (nSPS) is 12.1. The van der Waals surface area contributed by atoms with Gasteiger partial charge in [0.2, 0.25) is 0 Å². The number of hydrogen-bond donors (Lipinski definition) is 6. The first-order valence-corrected chi connectivity index (χ1v) is 11.5. The van der Waals surface area contributed by atoms with E-state index < -0.39 is 36.0 Å². The van der Waals surface area contributed by atoms with Crippen LogP contribution in [-0.4, -0.2) is 51.4 Å². The molecule has 0 unspecified atom stereocenters. The molecule has 0 heterocycles. The Kier molecular flexibility index (Phi) is 16.3. The molecule has 0 saturated carbocycles. The van der Waals surface area contributed by atoms with Gasteiger partial charge in [-0.15, -0.1) is 0 Å². The van der Waals surface area contributed by atoms with Gasteiger partial charge in [-0.3, -0.25) is 0 Å². The monoisotopic (exact) mass is 596 g/mol. The van der Waals surface area contributed by atoms with Crippen LogP contribution in [-0.2, 0) is 50.7 Å². The largest absolute Gasteiger partial charge is 3.00 e. The number of carboxylic acid groups (broad SMARTS) is 3. The van der Waals surface area contributed by atoms with Crippen molar-refractivity contribution in [1.82, 2.24) is 0 Å². The first-order valence-electron chi connectivity index (χ1n) is 11.5. The van der Waals surface area contributed by atoms with E-state index in [2.05, 4.69) is 0 Å². The topological polar surface area (TPSA) is 259 Å². The van der Waals surface area contributed by atoms with Gasteiger partial charge in [-0.2, -0.15) is 0 Å². The number of aliphatic carboxylic acids is 3. The van der Waals surface area contributed by atoms with Crippen molar-refractivity contribution in [3.63, 3.8) is 0 Å². The summed E-state index contributed by atoms with van der Waals surface area (Å²) in [6.07, 6.45) is 0.633. The zero-order chi connectivity index (χ0) is 29.5. The molecule has 0 aromatic heterocycles. The Labute approximate surface area is 241 Å². The number of carboxylic acids is 3. The van der Waals surface area contributed by atoms with Gasteiger partial charge in [0.05, 0.1) is 17.9 Å². The molecule has 0 aliphatic rings. The Bertz CT molecular complexity index is 1040. The van der Waals surface area contributed by atoms with Crippen LogP contribution in [0.3, 0.4) is 0 Å². The van der Waals surface area contributed by atoms with Crippen LogP contribution in [0.5, 0.6) is 17.2 Å². The zero-order valence-electron chi connectivity index (χ0n) is 21.2. The molecule has 3 rings (SSSR count). The van der Waals surface area contributed by atoms with E-state index in [0.717, 1.165) is 16.7 Å². The van der Waals surface area contributed by atoms with Gasteiger partial charge in [0.1, 0.15) is 17.2 Å². The summed E-state index contributed by atoms with van der Waals surface area (Å²) >= 11 is 0. The second kappa shape index (κ2) is 18.2. The van der Waals surface area contributed by atoms with Crippen LogP contribution in [0.15, 0.2) is 72.8 Å². The Hall–Kier alpha value is -4.13. The molecule has 0 aliphatic heterocycles. The number of benzene rings is 3. The molecule has 12 nitrogen and oxygen atoms in total. The SMILES string of the molecule is N[C@@H](Cc1ccc(O)cc1)C(=O)[O-].N[C@@H](Cc1ccc(O)cc1)C(=O)[O-].N[C@@H](Cc1ccc(O)cc1)C(=O)[O-].[Fe+3]. The summed E-state index contributed by atoms with van der Waals surface area (Å²) in [4.78, 5) is 30.9. The fourth-order valence-electron chi connectivity index (χ4n) is 2.91. The Morgan fingerprint density at radius 2 is 0.675 bits per heavy atom. The number of carbonyl (C=O) groups excluding carboxylic acids is 3. The summed E-state index contributed by atoms with van der Waals surface area (Å²) < 4.78 is 0. The molecule has 0 amide bonds. The van der Waals surface area contributed by atoms with Gasteiger partial charge in [-0.05, 0) is 72.4 Å². The molecule has 3 aromatic rings. The van der Waals surface area contributed by atoms with Crippen molar-refractivity contribution < 1.29 is 62.1 Å². The fraction of sp³-hybridized carbons (Fsp3) is 0.222. The van der Waals surface area contributed by atoms with E-state index in [1.807, 2.05) is 0 Å². The molecule has 13 heteroatoms. The molecule has 0 bridgehead atoms. The minimum atomic E-state index is -1.27. The van der Waals surface area contributed by atoms with E-state index >= 15 is 0 Å². The number of hydrogen-bond acceptors (Lipinski definition) is 12. The predicted molar refractivity (Wildman–Crippen MR) is 134 cm³/mol. The zero-order valence-corrected chi connectivity index (χ0v) is 22.3. The first kappa shape index (κ1) is 35.9. The summed E-state index contributed by atoms with van der Waals surface area (Å²) in [5.41, 5.74) is 18.1. The molecule has 40 heavy (non-hydrogen) atoms. The number of phenols is 3. The smallest absolute Gasteiger partial charge is 0.548 e. The predicted octanol–water partition coefficient (Wildman–Crippen LogP) is -2.97. The van der Waals surface area contributed by atoms with Crippen molar-refractivity contribution in [3.05, 3.63) is 89.5 Å². The van der Waals surface area contributed by atoms with Crippen LogP contribution in [0.2, 0.25) is 0 Å². The van der Waals surface area contributed by atoms with E-state index in [-0.39, 0.29) is 53.6 Å². The molecular weight excluding hydrogens is 566 g/mol. The second-order valence-corrected chi connectivity index (χ2v) is 8.39. The van der Waals surface area contributed by atoms with Crippen LogP contribution in [0, 0.1) is 0 Å². The van der Waals surface area contributed by atoms with E-state index in [1.165, 1.54) is 36.4 Å². The summed E-state index contributed by atoms with van der Waals surface area (Å²) in [5.74, 6) is -3.38.